The summed E-state index contributed by atoms with van der Waals surface area (Å²) in [5, 5.41) is 0. The van der Waals surface area contributed by atoms with Crippen molar-refractivity contribution in [2.45, 2.75) is 32.0 Å². The van der Waals surface area contributed by atoms with Crippen LogP contribution < -0.4 is 0 Å². The van der Waals surface area contributed by atoms with Crippen LogP contribution in [0, 0.1) is 5.41 Å². The molecule has 1 saturated heterocycles. The van der Waals surface area contributed by atoms with Gasteiger partial charge in [0.2, 0.25) is 6.29 Å². The quantitative estimate of drug-likeness (QED) is 0.160. The van der Waals surface area contributed by atoms with Gasteiger partial charge in [0.15, 0.2) is 0 Å². The normalized spacial score (nSPS) is 21.1. The van der Waals surface area contributed by atoms with Crippen LogP contribution in [0.5, 0.6) is 0 Å². The smallest absolute Gasteiger partial charge is 0.340 e. The average molecular weight is 581 g/mol. The van der Waals surface area contributed by atoms with Gasteiger partial charge in [0.05, 0.1) is 35.3 Å². The first-order valence-corrected chi connectivity index (χ1v) is 14.0. The standard InChI is InChI=1S/C35H32O8/c1-35(24-39-22-25-14-6-2-7-15-25)30(42-32(37)27-18-10-4-11-19-27)29(23-40-31(36)26-16-8-3-9-17-26)41-34(35)43-33(38)28-20-12-5-13-21-28/h2-21,29-30,34H,22-24H2,1H3/t29-,30?,34?,35?/m1/s1. The lowest BCUT2D eigenvalue weighted by molar-refractivity contribution is -0.158. The van der Waals surface area contributed by atoms with Crippen LogP contribution in [0.2, 0.25) is 0 Å². The maximum Gasteiger partial charge on any atom is 0.340 e. The van der Waals surface area contributed by atoms with Gasteiger partial charge in [0, 0.05) is 0 Å². The molecule has 1 fully saturated rings. The Morgan fingerprint density at radius 1 is 0.651 bits per heavy atom. The van der Waals surface area contributed by atoms with Crippen molar-refractivity contribution in [1.29, 1.82) is 0 Å². The lowest BCUT2D eigenvalue weighted by Gasteiger charge is -2.33. The predicted octanol–water partition coefficient (Wildman–Crippen LogP) is 5.87. The topological polar surface area (TPSA) is 97.4 Å². The van der Waals surface area contributed by atoms with Gasteiger partial charge in [0.25, 0.3) is 0 Å². The first kappa shape index (κ1) is 29.7. The van der Waals surface area contributed by atoms with Crippen LogP contribution in [0.25, 0.3) is 0 Å². The van der Waals surface area contributed by atoms with Crippen molar-refractivity contribution < 1.29 is 38.1 Å². The minimum Gasteiger partial charge on any atom is -0.459 e. The number of carbonyl (C=O) groups is 3. The van der Waals surface area contributed by atoms with E-state index in [4.69, 9.17) is 23.7 Å². The Morgan fingerprint density at radius 2 is 1.12 bits per heavy atom. The highest BCUT2D eigenvalue weighted by Gasteiger charge is 2.58. The van der Waals surface area contributed by atoms with Gasteiger partial charge >= 0.3 is 17.9 Å². The molecule has 0 bridgehead atoms. The van der Waals surface area contributed by atoms with E-state index >= 15 is 0 Å². The van der Waals surface area contributed by atoms with Gasteiger partial charge in [-0.25, -0.2) is 14.4 Å². The molecule has 0 spiro atoms. The molecule has 1 aliphatic heterocycles. The monoisotopic (exact) mass is 580 g/mol. The van der Waals surface area contributed by atoms with Crippen molar-refractivity contribution in [3.8, 4) is 0 Å². The molecule has 0 aromatic heterocycles. The van der Waals surface area contributed by atoms with E-state index in [-0.39, 0.29) is 19.8 Å². The Labute approximate surface area is 250 Å². The van der Waals surface area contributed by atoms with Crippen molar-refractivity contribution in [3.63, 3.8) is 0 Å². The fourth-order valence-corrected chi connectivity index (χ4v) is 4.87. The zero-order chi connectivity index (χ0) is 30.1. The van der Waals surface area contributed by atoms with Gasteiger partial charge in [-0.1, -0.05) is 84.9 Å². The summed E-state index contributed by atoms with van der Waals surface area (Å²) in [4.78, 5) is 39.3. The largest absolute Gasteiger partial charge is 0.459 e. The molecule has 0 amide bonds. The van der Waals surface area contributed by atoms with Crippen molar-refractivity contribution >= 4 is 17.9 Å². The molecule has 8 nitrogen and oxygen atoms in total. The highest BCUT2D eigenvalue weighted by molar-refractivity contribution is 5.90. The van der Waals surface area contributed by atoms with Gasteiger partial charge in [0.1, 0.15) is 18.8 Å². The number of esters is 3. The van der Waals surface area contributed by atoms with E-state index in [1.807, 2.05) is 30.3 Å². The van der Waals surface area contributed by atoms with E-state index in [9.17, 15) is 14.4 Å². The van der Waals surface area contributed by atoms with Gasteiger partial charge in [-0.2, -0.15) is 0 Å². The first-order chi connectivity index (χ1) is 20.9. The molecule has 0 saturated carbocycles. The van der Waals surface area contributed by atoms with E-state index < -0.39 is 41.8 Å². The summed E-state index contributed by atoms with van der Waals surface area (Å²) in [7, 11) is 0. The van der Waals surface area contributed by atoms with Crippen LogP contribution in [-0.4, -0.2) is 49.6 Å². The van der Waals surface area contributed by atoms with E-state index in [1.165, 1.54) is 0 Å². The molecule has 0 aliphatic carbocycles. The number of carbonyl (C=O) groups excluding carboxylic acids is 3. The molecule has 0 N–H and O–H groups in total. The lowest BCUT2D eigenvalue weighted by atomic mass is 9.83. The highest BCUT2D eigenvalue weighted by atomic mass is 16.7. The average Bonchev–Trinajstić information content (AvgIpc) is 3.30. The van der Waals surface area contributed by atoms with Crippen LogP contribution in [0.15, 0.2) is 121 Å². The van der Waals surface area contributed by atoms with Crippen LogP contribution >= 0.6 is 0 Å². The Hall–Kier alpha value is -4.79. The molecular formula is C35H32O8. The third-order valence-corrected chi connectivity index (χ3v) is 7.20. The third kappa shape index (κ3) is 7.35. The molecule has 220 valence electrons. The first-order valence-electron chi connectivity index (χ1n) is 14.0. The summed E-state index contributed by atoms with van der Waals surface area (Å²) in [6.45, 7) is 1.78. The SMILES string of the molecule is CC1(COCc2ccccc2)C(OC(=O)c2ccccc2)O[C@H](COC(=O)c2ccccc2)C1OC(=O)c1ccccc1. The van der Waals surface area contributed by atoms with Crippen molar-refractivity contribution in [3.05, 3.63) is 144 Å². The van der Waals surface area contributed by atoms with Crippen molar-refractivity contribution in [2.75, 3.05) is 13.2 Å². The number of hydrogen-bond acceptors (Lipinski definition) is 8. The summed E-state index contributed by atoms with van der Waals surface area (Å²) in [5.74, 6) is -1.78. The number of ether oxygens (including phenoxy) is 5. The minimum atomic E-state index is -1.19. The molecule has 5 rings (SSSR count). The van der Waals surface area contributed by atoms with E-state index in [0.29, 0.717) is 16.7 Å². The van der Waals surface area contributed by atoms with E-state index in [1.54, 1.807) is 97.9 Å². The maximum atomic E-state index is 13.3. The molecule has 4 aromatic rings. The molecule has 3 unspecified atom stereocenters. The molecule has 4 atom stereocenters. The zero-order valence-corrected chi connectivity index (χ0v) is 23.7. The minimum absolute atomic E-state index is 0.00446. The van der Waals surface area contributed by atoms with E-state index in [0.717, 1.165) is 5.56 Å². The Kier molecular flexibility index (Phi) is 9.61. The maximum absolute atomic E-state index is 13.3. The van der Waals surface area contributed by atoms with Crippen LogP contribution in [0.4, 0.5) is 0 Å². The third-order valence-electron chi connectivity index (χ3n) is 7.20. The van der Waals surface area contributed by atoms with Gasteiger partial charge in [-0.05, 0) is 48.9 Å². The van der Waals surface area contributed by atoms with E-state index in [2.05, 4.69) is 0 Å². The van der Waals surface area contributed by atoms with Gasteiger partial charge in [-0.3, -0.25) is 0 Å². The Morgan fingerprint density at radius 3 is 1.65 bits per heavy atom. The molecule has 8 heteroatoms. The zero-order valence-electron chi connectivity index (χ0n) is 23.7. The van der Waals surface area contributed by atoms with Crippen molar-refractivity contribution in [1.82, 2.24) is 0 Å². The fourth-order valence-electron chi connectivity index (χ4n) is 4.87. The number of rotatable bonds is 11. The Balaban J connectivity index is 1.42. The number of benzene rings is 4. The number of hydrogen-bond donors (Lipinski definition) is 0. The lowest BCUT2D eigenvalue weighted by Crippen LogP contribution is -2.47. The van der Waals surface area contributed by atoms with Crippen LogP contribution in [-0.2, 0) is 30.3 Å². The summed E-state index contributed by atoms with van der Waals surface area (Å²) < 4.78 is 29.9. The van der Waals surface area contributed by atoms with Crippen molar-refractivity contribution in [2.24, 2.45) is 5.41 Å². The summed E-state index contributed by atoms with van der Waals surface area (Å²) in [5.41, 5.74) is 0.789. The highest BCUT2D eigenvalue weighted by Crippen LogP contribution is 2.43. The second-order valence-electron chi connectivity index (χ2n) is 10.4. The molecule has 1 aliphatic rings. The molecule has 0 radical (unpaired) electrons. The fraction of sp³-hybridized carbons (Fsp3) is 0.229. The molecule has 4 aromatic carbocycles. The van der Waals surface area contributed by atoms with Crippen LogP contribution in [0.3, 0.4) is 0 Å². The molecule has 1 heterocycles. The Bertz CT molecular complexity index is 1490. The molecule has 43 heavy (non-hydrogen) atoms. The second-order valence-corrected chi connectivity index (χ2v) is 10.4. The summed E-state index contributed by atoms with van der Waals surface area (Å²) in [6.07, 6.45) is -3.16. The second kappa shape index (κ2) is 13.9. The molecular weight excluding hydrogens is 548 g/mol. The summed E-state index contributed by atoms with van der Waals surface area (Å²) >= 11 is 0. The van der Waals surface area contributed by atoms with Crippen LogP contribution in [0.1, 0.15) is 43.6 Å². The van der Waals surface area contributed by atoms with Gasteiger partial charge in [-0.15, -0.1) is 0 Å². The van der Waals surface area contributed by atoms with Gasteiger partial charge < -0.3 is 23.7 Å². The predicted molar refractivity (Wildman–Crippen MR) is 157 cm³/mol. The summed E-state index contributed by atoms with van der Waals surface area (Å²) in [6, 6.07) is 35.1.